The second-order valence-electron chi connectivity index (χ2n) is 8.63. The molecule has 0 atom stereocenters. The van der Waals surface area contributed by atoms with Crippen molar-refractivity contribution < 1.29 is 13.2 Å². The number of amides is 1. The van der Waals surface area contributed by atoms with Crippen molar-refractivity contribution in [2.24, 2.45) is 0 Å². The van der Waals surface area contributed by atoms with Gasteiger partial charge in [-0.05, 0) is 37.4 Å². The van der Waals surface area contributed by atoms with E-state index in [0.717, 1.165) is 31.9 Å². The maximum atomic E-state index is 13.0. The molecule has 1 fully saturated rings. The Morgan fingerprint density at radius 2 is 1.79 bits per heavy atom. The number of fused-ring (bicyclic) bond motifs is 1. The van der Waals surface area contributed by atoms with E-state index in [-0.39, 0.29) is 23.9 Å². The Bertz CT molecular complexity index is 1320. The summed E-state index contributed by atoms with van der Waals surface area (Å²) in [7, 11) is -1.56. The molecule has 0 radical (unpaired) electrons. The van der Waals surface area contributed by atoms with E-state index in [1.165, 1.54) is 4.31 Å². The largest absolute Gasteiger partial charge is 0.397 e. The molecule has 3 heterocycles. The summed E-state index contributed by atoms with van der Waals surface area (Å²) >= 11 is 0. The standard InChI is InChI=1S/C23H27N7O3S/c1-28-9-11-29(12-10-28)21-8-7-16(13-19(21)24)23(31)25-22-18-14-30(15-20(18)26-27-22)34(32,33)17-5-3-2-4-6-17/h2-8,13H,9-12,14-15,24H2,1H3,(H2,25,26,27,31). The van der Waals surface area contributed by atoms with E-state index in [1.807, 2.05) is 6.07 Å². The lowest BCUT2D eigenvalue weighted by Crippen LogP contribution is -2.44. The van der Waals surface area contributed by atoms with Gasteiger partial charge < -0.3 is 20.9 Å². The smallest absolute Gasteiger partial charge is 0.256 e. The molecular formula is C23H27N7O3S. The highest BCUT2D eigenvalue weighted by Crippen LogP contribution is 2.32. The molecule has 1 saturated heterocycles. The van der Waals surface area contributed by atoms with Crippen molar-refractivity contribution in [2.75, 3.05) is 49.2 Å². The molecular weight excluding hydrogens is 454 g/mol. The van der Waals surface area contributed by atoms with Crippen molar-refractivity contribution in [3.05, 3.63) is 65.4 Å². The van der Waals surface area contributed by atoms with Gasteiger partial charge in [0, 0.05) is 43.9 Å². The van der Waals surface area contributed by atoms with E-state index in [0.29, 0.717) is 28.3 Å². The molecule has 2 aliphatic heterocycles. The molecule has 4 N–H and O–H groups in total. The van der Waals surface area contributed by atoms with Crippen LogP contribution in [-0.2, 0) is 23.1 Å². The molecule has 1 amide bonds. The number of carbonyl (C=O) groups excluding carboxylic acids is 1. The van der Waals surface area contributed by atoms with Crippen LogP contribution in [0.2, 0.25) is 0 Å². The Morgan fingerprint density at radius 1 is 1.06 bits per heavy atom. The average Bonchev–Trinajstić information content (AvgIpc) is 3.43. The number of aromatic nitrogens is 2. The number of nitrogens with zero attached hydrogens (tertiary/aromatic N) is 4. The summed E-state index contributed by atoms with van der Waals surface area (Å²) < 4.78 is 27.3. The number of likely N-dealkylation sites (N-methyl/N-ethyl adjacent to an activating group) is 1. The highest BCUT2D eigenvalue weighted by Gasteiger charge is 2.34. The van der Waals surface area contributed by atoms with Gasteiger partial charge in [-0.1, -0.05) is 18.2 Å². The zero-order chi connectivity index (χ0) is 23.9. The maximum Gasteiger partial charge on any atom is 0.256 e. The number of nitrogens with two attached hydrogens (primary N) is 1. The second-order valence-corrected chi connectivity index (χ2v) is 10.6. The van der Waals surface area contributed by atoms with Crippen LogP contribution in [-0.4, -0.2) is 67.0 Å². The highest BCUT2D eigenvalue weighted by molar-refractivity contribution is 7.89. The molecule has 2 aromatic carbocycles. The number of H-pyrrole nitrogens is 1. The summed E-state index contributed by atoms with van der Waals surface area (Å²) in [5.74, 6) is -0.0252. The van der Waals surface area contributed by atoms with Gasteiger partial charge in [-0.2, -0.15) is 9.40 Å². The molecule has 178 valence electrons. The van der Waals surface area contributed by atoms with Gasteiger partial charge in [0.05, 0.1) is 28.5 Å². The SMILES string of the molecule is CN1CCN(c2ccc(C(=O)Nc3n[nH]c4c3CN(S(=O)(=O)c3ccccc3)C4)cc2N)CC1. The molecule has 0 spiro atoms. The minimum Gasteiger partial charge on any atom is -0.397 e. The summed E-state index contributed by atoms with van der Waals surface area (Å²) in [6.07, 6.45) is 0. The number of aromatic amines is 1. The minimum absolute atomic E-state index is 0.128. The summed E-state index contributed by atoms with van der Waals surface area (Å²) in [6, 6.07) is 13.6. The first kappa shape index (κ1) is 22.4. The third-order valence-corrected chi connectivity index (χ3v) is 8.17. The number of carbonyl (C=O) groups is 1. The number of anilines is 3. The fourth-order valence-corrected chi connectivity index (χ4v) is 5.73. The quantitative estimate of drug-likeness (QED) is 0.473. The molecule has 5 rings (SSSR count). The summed E-state index contributed by atoms with van der Waals surface area (Å²) in [5, 5.41) is 9.85. The lowest BCUT2D eigenvalue weighted by molar-refractivity contribution is 0.102. The van der Waals surface area contributed by atoms with Gasteiger partial charge in [0.15, 0.2) is 5.82 Å². The van der Waals surface area contributed by atoms with Gasteiger partial charge in [-0.15, -0.1) is 0 Å². The van der Waals surface area contributed by atoms with E-state index in [1.54, 1.807) is 42.5 Å². The first-order chi connectivity index (χ1) is 16.3. The van der Waals surface area contributed by atoms with Gasteiger partial charge in [0.25, 0.3) is 5.91 Å². The fraction of sp³-hybridized carbons (Fsp3) is 0.304. The average molecular weight is 482 g/mol. The van der Waals surface area contributed by atoms with Crippen LogP contribution in [0.1, 0.15) is 21.6 Å². The molecule has 0 saturated carbocycles. The van der Waals surface area contributed by atoms with Gasteiger partial charge in [-0.3, -0.25) is 9.89 Å². The number of sulfonamides is 1. The number of nitrogen functional groups attached to an aromatic ring is 1. The predicted molar refractivity (Wildman–Crippen MR) is 130 cm³/mol. The first-order valence-corrected chi connectivity index (χ1v) is 12.5. The summed E-state index contributed by atoms with van der Waals surface area (Å²) in [4.78, 5) is 17.6. The third kappa shape index (κ3) is 4.13. The molecule has 3 aromatic rings. The predicted octanol–water partition coefficient (Wildman–Crippen LogP) is 1.70. The van der Waals surface area contributed by atoms with E-state index in [2.05, 4.69) is 32.4 Å². The number of rotatable bonds is 5. The first-order valence-electron chi connectivity index (χ1n) is 11.1. The van der Waals surface area contributed by atoms with E-state index in [9.17, 15) is 13.2 Å². The van der Waals surface area contributed by atoms with Crippen LogP contribution >= 0.6 is 0 Å². The van der Waals surface area contributed by atoms with Crippen LogP contribution in [0.5, 0.6) is 0 Å². The van der Waals surface area contributed by atoms with Crippen LogP contribution in [0.15, 0.2) is 53.4 Å². The Morgan fingerprint density at radius 3 is 2.50 bits per heavy atom. The monoisotopic (exact) mass is 481 g/mol. The number of hydrogen-bond donors (Lipinski definition) is 3. The minimum atomic E-state index is -3.65. The van der Waals surface area contributed by atoms with E-state index >= 15 is 0 Å². The van der Waals surface area contributed by atoms with Gasteiger partial charge in [0.1, 0.15) is 0 Å². The van der Waals surface area contributed by atoms with E-state index in [4.69, 9.17) is 5.73 Å². The third-order valence-electron chi connectivity index (χ3n) is 6.37. The topological polar surface area (TPSA) is 128 Å². The van der Waals surface area contributed by atoms with Crippen LogP contribution in [0, 0.1) is 0 Å². The van der Waals surface area contributed by atoms with Gasteiger partial charge in [-0.25, -0.2) is 8.42 Å². The Labute approximate surface area is 198 Å². The Balaban J connectivity index is 1.29. The lowest BCUT2D eigenvalue weighted by atomic mass is 10.1. The number of piperazine rings is 1. The van der Waals surface area contributed by atoms with Gasteiger partial charge >= 0.3 is 0 Å². The number of hydrogen-bond acceptors (Lipinski definition) is 7. The van der Waals surface area contributed by atoms with Crippen molar-refractivity contribution >= 4 is 33.1 Å². The van der Waals surface area contributed by atoms with Crippen molar-refractivity contribution in [3.63, 3.8) is 0 Å². The summed E-state index contributed by atoms with van der Waals surface area (Å²) in [6.45, 7) is 3.99. The molecule has 10 nitrogen and oxygen atoms in total. The van der Waals surface area contributed by atoms with Gasteiger partial charge in [0.2, 0.25) is 10.0 Å². The van der Waals surface area contributed by atoms with Crippen molar-refractivity contribution in [1.29, 1.82) is 0 Å². The maximum absolute atomic E-state index is 13.0. The molecule has 34 heavy (non-hydrogen) atoms. The zero-order valence-electron chi connectivity index (χ0n) is 18.9. The number of nitrogens with one attached hydrogen (secondary N) is 2. The van der Waals surface area contributed by atoms with Crippen molar-refractivity contribution in [3.8, 4) is 0 Å². The molecule has 2 aliphatic rings. The Hall–Kier alpha value is -3.41. The van der Waals surface area contributed by atoms with E-state index < -0.39 is 10.0 Å². The van der Waals surface area contributed by atoms with Crippen LogP contribution in [0.3, 0.4) is 0 Å². The van der Waals surface area contributed by atoms with Crippen LogP contribution < -0.4 is 16.0 Å². The highest BCUT2D eigenvalue weighted by atomic mass is 32.2. The second kappa shape index (κ2) is 8.75. The van der Waals surface area contributed by atoms with Crippen LogP contribution in [0.25, 0.3) is 0 Å². The van der Waals surface area contributed by atoms with Crippen molar-refractivity contribution in [2.45, 2.75) is 18.0 Å². The molecule has 0 aliphatic carbocycles. The molecule has 0 bridgehead atoms. The molecule has 0 unspecified atom stereocenters. The lowest BCUT2D eigenvalue weighted by Gasteiger charge is -2.34. The number of benzene rings is 2. The molecule has 1 aromatic heterocycles. The Kier molecular flexibility index (Phi) is 5.76. The normalized spacial score (nSPS) is 17.0. The fourth-order valence-electron chi connectivity index (χ4n) is 4.34. The summed E-state index contributed by atoms with van der Waals surface area (Å²) in [5.41, 5.74) is 9.49. The van der Waals surface area contributed by atoms with Crippen molar-refractivity contribution in [1.82, 2.24) is 19.4 Å². The zero-order valence-corrected chi connectivity index (χ0v) is 19.7. The molecule has 11 heteroatoms. The van der Waals surface area contributed by atoms with Crippen LogP contribution in [0.4, 0.5) is 17.2 Å².